The molecule has 0 radical (unpaired) electrons. The largest absolute Gasteiger partial charge is 0.445 e. The molecule has 0 heterocycles. The van der Waals surface area contributed by atoms with Crippen LogP contribution >= 0.6 is 0 Å². The first-order valence-electron chi connectivity index (χ1n) is 6.34. The van der Waals surface area contributed by atoms with E-state index >= 15 is 0 Å². The fraction of sp³-hybridized carbons (Fsp3) is 0.500. The molecule has 4 heteroatoms. The summed E-state index contributed by atoms with van der Waals surface area (Å²) in [6.45, 7) is 2.38. The standard InChI is InChI=1S/C14H21NO3/c1-2-6-13(9-10-16)15-14(17)18-11-12-7-4-3-5-8-12/h3-5,7-8,13,16H,2,6,9-11H2,1H3,(H,15,17)/t13-/m0/s1. The minimum absolute atomic E-state index is 0.0109. The molecule has 0 saturated carbocycles. The molecule has 0 bridgehead atoms. The van der Waals surface area contributed by atoms with Gasteiger partial charge in [-0.25, -0.2) is 4.79 Å². The first kappa shape index (κ1) is 14.5. The van der Waals surface area contributed by atoms with Crippen molar-refractivity contribution in [3.05, 3.63) is 35.9 Å². The van der Waals surface area contributed by atoms with Gasteiger partial charge in [0.05, 0.1) is 0 Å². The number of aliphatic hydroxyl groups excluding tert-OH is 1. The Balaban J connectivity index is 2.31. The lowest BCUT2D eigenvalue weighted by molar-refractivity contribution is 0.132. The zero-order valence-corrected chi connectivity index (χ0v) is 10.8. The van der Waals surface area contributed by atoms with Crippen molar-refractivity contribution < 1.29 is 14.6 Å². The van der Waals surface area contributed by atoms with Gasteiger partial charge in [0.1, 0.15) is 6.61 Å². The number of aliphatic hydroxyl groups is 1. The highest BCUT2D eigenvalue weighted by atomic mass is 16.5. The number of nitrogens with one attached hydrogen (secondary N) is 1. The number of benzene rings is 1. The van der Waals surface area contributed by atoms with Gasteiger partial charge in [-0.2, -0.15) is 0 Å². The van der Waals surface area contributed by atoms with Crippen LogP contribution in [0, 0.1) is 0 Å². The molecule has 0 aromatic heterocycles. The Labute approximate surface area is 108 Å². The van der Waals surface area contributed by atoms with Crippen molar-refractivity contribution >= 4 is 6.09 Å². The second kappa shape index (κ2) is 8.53. The molecule has 0 aliphatic heterocycles. The van der Waals surface area contributed by atoms with E-state index in [2.05, 4.69) is 5.32 Å². The van der Waals surface area contributed by atoms with Crippen LogP contribution in [0.25, 0.3) is 0 Å². The van der Waals surface area contributed by atoms with Crippen LogP contribution in [0.3, 0.4) is 0 Å². The first-order chi connectivity index (χ1) is 8.76. The molecule has 1 aromatic rings. The molecule has 0 fully saturated rings. The Morgan fingerprint density at radius 2 is 2.06 bits per heavy atom. The van der Waals surface area contributed by atoms with Gasteiger partial charge < -0.3 is 15.2 Å². The second-order valence-electron chi connectivity index (χ2n) is 4.20. The second-order valence-corrected chi connectivity index (χ2v) is 4.20. The van der Waals surface area contributed by atoms with E-state index in [1.165, 1.54) is 0 Å². The monoisotopic (exact) mass is 251 g/mol. The van der Waals surface area contributed by atoms with Crippen molar-refractivity contribution in [2.75, 3.05) is 6.61 Å². The number of hydrogen-bond donors (Lipinski definition) is 2. The molecular weight excluding hydrogens is 230 g/mol. The Morgan fingerprint density at radius 1 is 1.33 bits per heavy atom. The number of rotatable bonds is 7. The molecule has 0 unspecified atom stereocenters. The van der Waals surface area contributed by atoms with Crippen molar-refractivity contribution in [2.24, 2.45) is 0 Å². The van der Waals surface area contributed by atoms with Gasteiger partial charge in [-0.05, 0) is 18.4 Å². The summed E-state index contributed by atoms with van der Waals surface area (Å²) < 4.78 is 5.12. The topological polar surface area (TPSA) is 58.6 Å². The van der Waals surface area contributed by atoms with E-state index in [0.717, 1.165) is 18.4 Å². The van der Waals surface area contributed by atoms with E-state index in [0.29, 0.717) is 6.42 Å². The summed E-state index contributed by atoms with van der Waals surface area (Å²) in [6.07, 6.45) is 1.95. The van der Waals surface area contributed by atoms with Gasteiger partial charge in [-0.1, -0.05) is 43.7 Å². The molecule has 1 amide bonds. The molecule has 1 rings (SSSR count). The molecule has 0 saturated heterocycles. The highest BCUT2D eigenvalue weighted by Crippen LogP contribution is 2.04. The smallest absolute Gasteiger partial charge is 0.407 e. The molecule has 100 valence electrons. The number of alkyl carbamates (subject to hydrolysis) is 1. The maximum atomic E-state index is 11.6. The van der Waals surface area contributed by atoms with E-state index in [-0.39, 0.29) is 19.3 Å². The highest BCUT2D eigenvalue weighted by Gasteiger charge is 2.11. The average molecular weight is 251 g/mol. The third-order valence-corrected chi connectivity index (χ3v) is 2.65. The fourth-order valence-corrected chi connectivity index (χ4v) is 1.72. The lowest BCUT2D eigenvalue weighted by Gasteiger charge is -2.16. The van der Waals surface area contributed by atoms with Crippen molar-refractivity contribution in [3.63, 3.8) is 0 Å². The van der Waals surface area contributed by atoms with Gasteiger partial charge in [0.25, 0.3) is 0 Å². The lowest BCUT2D eigenvalue weighted by atomic mass is 10.1. The van der Waals surface area contributed by atoms with Crippen LogP contribution < -0.4 is 5.32 Å². The van der Waals surface area contributed by atoms with E-state index in [4.69, 9.17) is 9.84 Å². The van der Waals surface area contributed by atoms with Crippen LogP contribution in [0.4, 0.5) is 4.79 Å². The molecule has 1 atom stereocenters. The van der Waals surface area contributed by atoms with E-state index in [1.54, 1.807) is 0 Å². The summed E-state index contributed by atoms with van der Waals surface area (Å²) in [5.74, 6) is 0. The van der Waals surface area contributed by atoms with Crippen LogP contribution in [-0.4, -0.2) is 23.8 Å². The normalized spacial score (nSPS) is 11.9. The summed E-state index contributed by atoms with van der Waals surface area (Å²) in [6, 6.07) is 9.53. The van der Waals surface area contributed by atoms with Crippen molar-refractivity contribution in [3.8, 4) is 0 Å². The van der Waals surface area contributed by atoms with Crippen LogP contribution in [0.5, 0.6) is 0 Å². The first-order valence-corrected chi connectivity index (χ1v) is 6.34. The van der Waals surface area contributed by atoms with Crippen LogP contribution in [0.1, 0.15) is 31.7 Å². The van der Waals surface area contributed by atoms with Crippen LogP contribution in [0.2, 0.25) is 0 Å². The Kier molecular flexibility index (Phi) is 6.87. The van der Waals surface area contributed by atoms with Crippen molar-refractivity contribution in [1.29, 1.82) is 0 Å². The third kappa shape index (κ3) is 5.68. The Bertz CT molecular complexity index is 334. The van der Waals surface area contributed by atoms with Crippen molar-refractivity contribution in [1.82, 2.24) is 5.32 Å². The fourth-order valence-electron chi connectivity index (χ4n) is 1.72. The maximum Gasteiger partial charge on any atom is 0.407 e. The maximum absolute atomic E-state index is 11.6. The van der Waals surface area contributed by atoms with Gasteiger partial charge >= 0.3 is 6.09 Å². The minimum atomic E-state index is -0.425. The molecule has 0 aliphatic carbocycles. The minimum Gasteiger partial charge on any atom is -0.445 e. The number of carbonyl (C=O) groups is 1. The molecule has 0 spiro atoms. The molecule has 0 aliphatic rings. The number of hydrogen-bond acceptors (Lipinski definition) is 3. The summed E-state index contributed by atoms with van der Waals surface area (Å²) in [7, 11) is 0. The molecule has 4 nitrogen and oxygen atoms in total. The zero-order chi connectivity index (χ0) is 13.2. The Hall–Kier alpha value is -1.55. The van der Waals surface area contributed by atoms with Gasteiger partial charge in [-0.15, -0.1) is 0 Å². The van der Waals surface area contributed by atoms with Crippen LogP contribution in [-0.2, 0) is 11.3 Å². The summed E-state index contributed by atoms with van der Waals surface area (Å²) in [5, 5.41) is 11.7. The van der Waals surface area contributed by atoms with Crippen molar-refractivity contribution in [2.45, 2.75) is 38.8 Å². The highest BCUT2D eigenvalue weighted by molar-refractivity contribution is 5.67. The van der Waals surface area contributed by atoms with E-state index < -0.39 is 6.09 Å². The third-order valence-electron chi connectivity index (χ3n) is 2.65. The average Bonchev–Trinajstić information content (AvgIpc) is 2.38. The Morgan fingerprint density at radius 3 is 2.67 bits per heavy atom. The zero-order valence-electron chi connectivity index (χ0n) is 10.8. The number of carbonyl (C=O) groups excluding carboxylic acids is 1. The molecule has 1 aromatic carbocycles. The van der Waals surface area contributed by atoms with Gasteiger partial charge in [0.15, 0.2) is 0 Å². The van der Waals surface area contributed by atoms with Gasteiger partial charge in [0.2, 0.25) is 0 Å². The SMILES string of the molecule is CCC[C@@H](CCO)NC(=O)OCc1ccccc1. The summed E-state index contributed by atoms with van der Waals surface area (Å²) in [5.41, 5.74) is 0.960. The lowest BCUT2D eigenvalue weighted by Crippen LogP contribution is -2.35. The quantitative estimate of drug-likeness (QED) is 0.782. The van der Waals surface area contributed by atoms with Gasteiger partial charge in [-0.3, -0.25) is 0 Å². The molecular formula is C14H21NO3. The predicted molar refractivity (Wildman–Crippen MR) is 70.2 cm³/mol. The number of amides is 1. The predicted octanol–water partition coefficient (Wildman–Crippen LogP) is 2.46. The van der Waals surface area contributed by atoms with E-state index in [1.807, 2.05) is 37.3 Å². The van der Waals surface area contributed by atoms with Crippen LogP contribution in [0.15, 0.2) is 30.3 Å². The summed E-state index contributed by atoms with van der Waals surface area (Å²) >= 11 is 0. The summed E-state index contributed by atoms with van der Waals surface area (Å²) in [4.78, 5) is 11.6. The molecule has 2 N–H and O–H groups in total. The van der Waals surface area contributed by atoms with E-state index in [9.17, 15) is 4.79 Å². The molecule has 18 heavy (non-hydrogen) atoms. The number of ether oxygens (including phenoxy) is 1. The van der Waals surface area contributed by atoms with Gasteiger partial charge in [0, 0.05) is 12.6 Å².